The van der Waals surface area contributed by atoms with Crippen LogP contribution in [0.5, 0.6) is 0 Å². The van der Waals surface area contributed by atoms with Crippen LogP contribution in [0, 0.1) is 6.92 Å². The van der Waals surface area contributed by atoms with Gasteiger partial charge in [0.05, 0.1) is 12.7 Å². The predicted octanol–water partition coefficient (Wildman–Crippen LogP) is 1.68. The first-order valence-corrected chi connectivity index (χ1v) is 6.54. The van der Waals surface area contributed by atoms with Crippen molar-refractivity contribution in [2.45, 2.75) is 26.4 Å². The second-order valence-corrected chi connectivity index (χ2v) is 4.34. The smallest absolute Gasteiger partial charge is 0.224 e. The molecule has 0 aliphatic carbocycles. The summed E-state index contributed by atoms with van der Waals surface area (Å²) in [6.45, 7) is 6.12. The molecule has 2 N–H and O–H groups in total. The normalized spacial score (nSPS) is 12.2. The van der Waals surface area contributed by atoms with Crippen molar-refractivity contribution in [1.82, 2.24) is 9.97 Å². The summed E-state index contributed by atoms with van der Waals surface area (Å²) in [6, 6.07) is 1.91. The Morgan fingerprint density at radius 1 is 1.26 bits per heavy atom. The molecule has 0 saturated carbocycles. The van der Waals surface area contributed by atoms with Crippen LogP contribution in [0.1, 0.15) is 19.0 Å². The number of hydrogen-bond acceptors (Lipinski definition) is 6. The number of ether oxygens (including phenoxy) is 2. The van der Waals surface area contributed by atoms with Gasteiger partial charge in [0.1, 0.15) is 5.82 Å². The predicted molar refractivity (Wildman–Crippen MR) is 76.7 cm³/mol. The highest BCUT2D eigenvalue weighted by molar-refractivity contribution is 5.42. The molecule has 0 aliphatic rings. The number of nitrogens with zero attached hydrogens (tertiary/aromatic N) is 2. The molecule has 0 amide bonds. The Labute approximate surface area is 114 Å². The van der Waals surface area contributed by atoms with E-state index in [0.717, 1.165) is 24.5 Å². The summed E-state index contributed by atoms with van der Waals surface area (Å²) >= 11 is 0. The van der Waals surface area contributed by atoms with E-state index in [9.17, 15) is 0 Å². The molecule has 1 heterocycles. The van der Waals surface area contributed by atoms with Crippen molar-refractivity contribution in [3.8, 4) is 0 Å². The summed E-state index contributed by atoms with van der Waals surface area (Å²) in [6.07, 6.45) is 1.05. The fraction of sp³-hybridized carbons (Fsp3) is 0.692. The standard InChI is InChI=1S/C13H24N4O2/c1-5-6-14-13-16-10(2)7-12(17-13)15-8-11(19-4)9-18-3/h7,11H,5-6,8-9H2,1-4H3,(H2,14,15,16,17). The van der Waals surface area contributed by atoms with E-state index in [0.29, 0.717) is 19.1 Å². The van der Waals surface area contributed by atoms with Gasteiger partial charge in [0.2, 0.25) is 5.95 Å². The average Bonchev–Trinajstić information content (AvgIpc) is 2.40. The van der Waals surface area contributed by atoms with Gasteiger partial charge in [-0.05, 0) is 13.3 Å². The van der Waals surface area contributed by atoms with E-state index in [-0.39, 0.29) is 6.10 Å². The third-order valence-electron chi connectivity index (χ3n) is 2.58. The molecule has 108 valence electrons. The van der Waals surface area contributed by atoms with Crippen LogP contribution in [0.25, 0.3) is 0 Å². The molecular formula is C13H24N4O2. The molecule has 6 heteroatoms. The third-order valence-corrected chi connectivity index (χ3v) is 2.58. The van der Waals surface area contributed by atoms with Gasteiger partial charge in [-0.25, -0.2) is 4.98 Å². The summed E-state index contributed by atoms with van der Waals surface area (Å²) in [5, 5.41) is 6.43. The van der Waals surface area contributed by atoms with Crippen molar-refractivity contribution in [2.75, 3.05) is 44.5 Å². The Bertz CT molecular complexity index is 374. The van der Waals surface area contributed by atoms with Crippen LogP contribution in [0.3, 0.4) is 0 Å². The largest absolute Gasteiger partial charge is 0.382 e. The number of nitrogens with one attached hydrogen (secondary N) is 2. The minimum Gasteiger partial charge on any atom is -0.382 e. The van der Waals surface area contributed by atoms with Crippen LogP contribution >= 0.6 is 0 Å². The first-order chi connectivity index (χ1) is 9.19. The van der Waals surface area contributed by atoms with E-state index in [4.69, 9.17) is 9.47 Å². The van der Waals surface area contributed by atoms with E-state index >= 15 is 0 Å². The van der Waals surface area contributed by atoms with Crippen molar-refractivity contribution in [3.63, 3.8) is 0 Å². The molecule has 1 rings (SSSR count). The maximum absolute atomic E-state index is 5.29. The highest BCUT2D eigenvalue weighted by Crippen LogP contribution is 2.10. The zero-order valence-corrected chi connectivity index (χ0v) is 12.2. The number of methoxy groups -OCH3 is 2. The molecule has 0 aromatic carbocycles. The maximum atomic E-state index is 5.29. The van der Waals surface area contributed by atoms with Crippen LogP contribution in [0.15, 0.2) is 6.07 Å². The molecule has 1 aromatic heterocycles. The Balaban J connectivity index is 2.59. The highest BCUT2D eigenvalue weighted by Gasteiger charge is 2.08. The van der Waals surface area contributed by atoms with Crippen LogP contribution in [0.4, 0.5) is 11.8 Å². The summed E-state index contributed by atoms with van der Waals surface area (Å²) < 4.78 is 10.4. The third kappa shape index (κ3) is 5.85. The Morgan fingerprint density at radius 2 is 2.05 bits per heavy atom. The van der Waals surface area contributed by atoms with Crippen LogP contribution < -0.4 is 10.6 Å². The minimum atomic E-state index is 0.00678. The first kappa shape index (κ1) is 15.7. The Hall–Kier alpha value is -1.40. The molecule has 19 heavy (non-hydrogen) atoms. The summed E-state index contributed by atoms with van der Waals surface area (Å²) in [5.41, 5.74) is 0.928. The number of aryl methyl sites for hydroxylation is 1. The molecule has 0 aliphatic heterocycles. The Kier molecular flexibility index (Phi) is 7.14. The first-order valence-electron chi connectivity index (χ1n) is 6.54. The summed E-state index contributed by atoms with van der Waals surface area (Å²) in [5.74, 6) is 1.45. The van der Waals surface area contributed by atoms with Gasteiger partial charge in [0.15, 0.2) is 0 Å². The Morgan fingerprint density at radius 3 is 2.68 bits per heavy atom. The zero-order valence-electron chi connectivity index (χ0n) is 12.2. The van der Waals surface area contributed by atoms with Gasteiger partial charge >= 0.3 is 0 Å². The van der Waals surface area contributed by atoms with Gasteiger partial charge in [-0.15, -0.1) is 0 Å². The molecule has 6 nitrogen and oxygen atoms in total. The zero-order chi connectivity index (χ0) is 14.1. The molecule has 1 atom stereocenters. The number of hydrogen-bond donors (Lipinski definition) is 2. The molecule has 0 spiro atoms. The fourth-order valence-electron chi connectivity index (χ4n) is 1.59. The lowest BCUT2D eigenvalue weighted by atomic mass is 10.3. The second-order valence-electron chi connectivity index (χ2n) is 4.34. The van der Waals surface area contributed by atoms with Gasteiger partial charge in [0, 0.05) is 39.1 Å². The van der Waals surface area contributed by atoms with E-state index in [1.807, 2.05) is 13.0 Å². The summed E-state index contributed by atoms with van der Waals surface area (Å²) in [7, 11) is 3.33. The van der Waals surface area contributed by atoms with Crippen LogP contribution in [-0.4, -0.2) is 50.0 Å². The molecule has 1 unspecified atom stereocenters. The second kappa shape index (κ2) is 8.66. The van der Waals surface area contributed by atoms with Gasteiger partial charge in [-0.1, -0.05) is 6.92 Å². The van der Waals surface area contributed by atoms with Crippen molar-refractivity contribution < 1.29 is 9.47 Å². The number of rotatable bonds is 9. The molecule has 1 aromatic rings. The number of aromatic nitrogens is 2. The van der Waals surface area contributed by atoms with Gasteiger partial charge < -0.3 is 20.1 Å². The summed E-state index contributed by atoms with van der Waals surface area (Å²) in [4.78, 5) is 8.74. The molecule has 0 radical (unpaired) electrons. The van der Waals surface area contributed by atoms with Crippen molar-refractivity contribution in [2.24, 2.45) is 0 Å². The van der Waals surface area contributed by atoms with E-state index in [1.165, 1.54) is 0 Å². The van der Waals surface area contributed by atoms with Gasteiger partial charge in [-0.2, -0.15) is 4.98 Å². The van der Waals surface area contributed by atoms with Gasteiger partial charge in [-0.3, -0.25) is 0 Å². The van der Waals surface area contributed by atoms with Gasteiger partial charge in [0.25, 0.3) is 0 Å². The maximum Gasteiger partial charge on any atom is 0.224 e. The van der Waals surface area contributed by atoms with Crippen LogP contribution in [-0.2, 0) is 9.47 Å². The number of anilines is 2. The van der Waals surface area contributed by atoms with Crippen molar-refractivity contribution >= 4 is 11.8 Å². The minimum absolute atomic E-state index is 0.00678. The molecule has 0 fully saturated rings. The average molecular weight is 268 g/mol. The highest BCUT2D eigenvalue weighted by atomic mass is 16.5. The lowest BCUT2D eigenvalue weighted by Crippen LogP contribution is -2.27. The van der Waals surface area contributed by atoms with E-state index in [1.54, 1.807) is 14.2 Å². The molecule has 0 bridgehead atoms. The van der Waals surface area contributed by atoms with Crippen LogP contribution in [0.2, 0.25) is 0 Å². The SMILES string of the molecule is CCCNc1nc(C)cc(NCC(COC)OC)n1. The van der Waals surface area contributed by atoms with E-state index < -0.39 is 0 Å². The molecular weight excluding hydrogens is 244 g/mol. The van der Waals surface area contributed by atoms with Crippen molar-refractivity contribution in [3.05, 3.63) is 11.8 Å². The van der Waals surface area contributed by atoms with E-state index in [2.05, 4.69) is 27.5 Å². The lowest BCUT2D eigenvalue weighted by Gasteiger charge is -2.16. The monoisotopic (exact) mass is 268 g/mol. The fourth-order valence-corrected chi connectivity index (χ4v) is 1.59. The molecule has 0 saturated heterocycles. The lowest BCUT2D eigenvalue weighted by molar-refractivity contribution is 0.0365. The van der Waals surface area contributed by atoms with Crippen molar-refractivity contribution in [1.29, 1.82) is 0 Å². The topological polar surface area (TPSA) is 68.3 Å². The quantitative estimate of drug-likeness (QED) is 0.710.